The second-order valence-corrected chi connectivity index (χ2v) is 7.73. The molecule has 0 atom stereocenters. The molecule has 26 heavy (non-hydrogen) atoms. The van der Waals surface area contributed by atoms with Gasteiger partial charge in [0.15, 0.2) is 5.82 Å². The predicted molar refractivity (Wildman–Crippen MR) is 102 cm³/mol. The van der Waals surface area contributed by atoms with Crippen molar-refractivity contribution in [3.8, 4) is 11.5 Å². The Morgan fingerprint density at radius 1 is 1.12 bits per heavy atom. The summed E-state index contributed by atoms with van der Waals surface area (Å²) in [6.07, 6.45) is 12.4. The van der Waals surface area contributed by atoms with Crippen LogP contribution in [0.5, 0.6) is 0 Å². The highest BCUT2D eigenvalue weighted by atomic mass is 16.5. The normalized spacial score (nSPS) is 20.8. The molecule has 0 spiro atoms. The van der Waals surface area contributed by atoms with Crippen LogP contribution in [0, 0.1) is 6.92 Å². The number of nitrogens with one attached hydrogen (secondary N) is 1. The quantitative estimate of drug-likeness (QED) is 0.873. The predicted octanol–water partition coefficient (Wildman–Crippen LogP) is 4.04. The molecular formula is C20H29N5O. The van der Waals surface area contributed by atoms with E-state index in [4.69, 9.17) is 4.52 Å². The van der Waals surface area contributed by atoms with E-state index in [2.05, 4.69) is 25.3 Å². The van der Waals surface area contributed by atoms with Crippen LogP contribution in [0.15, 0.2) is 22.9 Å². The second kappa shape index (κ2) is 7.74. The second-order valence-electron chi connectivity index (χ2n) is 7.73. The highest BCUT2D eigenvalue weighted by Gasteiger charge is 2.38. The van der Waals surface area contributed by atoms with Gasteiger partial charge in [-0.15, -0.1) is 0 Å². The van der Waals surface area contributed by atoms with Gasteiger partial charge in [-0.25, -0.2) is 4.98 Å². The molecule has 6 heteroatoms. The lowest BCUT2D eigenvalue weighted by Gasteiger charge is -2.48. The van der Waals surface area contributed by atoms with E-state index in [1.807, 2.05) is 25.3 Å². The number of likely N-dealkylation sites (tertiary alicyclic amines) is 1. The van der Waals surface area contributed by atoms with Gasteiger partial charge in [-0.1, -0.05) is 30.8 Å². The molecule has 2 aliphatic rings. The number of nitrogens with zero attached hydrogens (tertiary/aromatic N) is 4. The lowest BCUT2D eigenvalue weighted by Crippen LogP contribution is -2.56. The van der Waals surface area contributed by atoms with Crippen molar-refractivity contribution in [1.29, 1.82) is 0 Å². The van der Waals surface area contributed by atoms with Crippen LogP contribution >= 0.6 is 0 Å². The lowest BCUT2D eigenvalue weighted by atomic mass is 9.79. The van der Waals surface area contributed by atoms with Crippen LogP contribution in [-0.4, -0.2) is 45.2 Å². The van der Waals surface area contributed by atoms with Crippen molar-refractivity contribution in [2.75, 3.05) is 25.0 Å². The van der Waals surface area contributed by atoms with Crippen LogP contribution in [0.2, 0.25) is 0 Å². The Labute approximate surface area is 155 Å². The van der Waals surface area contributed by atoms with E-state index in [0.29, 0.717) is 11.7 Å². The third kappa shape index (κ3) is 3.61. The average Bonchev–Trinajstić information content (AvgIpc) is 3.14. The van der Waals surface area contributed by atoms with Gasteiger partial charge in [-0.05, 0) is 57.8 Å². The summed E-state index contributed by atoms with van der Waals surface area (Å²) in [5.41, 5.74) is 1.15. The highest BCUT2D eigenvalue weighted by molar-refractivity contribution is 5.68. The van der Waals surface area contributed by atoms with Gasteiger partial charge in [0.2, 0.25) is 0 Å². The van der Waals surface area contributed by atoms with Crippen molar-refractivity contribution in [2.24, 2.45) is 0 Å². The molecule has 4 rings (SSSR count). The third-order valence-corrected chi connectivity index (χ3v) is 5.96. The monoisotopic (exact) mass is 355 g/mol. The summed E-state index contributed by atoms with van der Waals surface area (Å²) < 4.78 is 5.37. The number of aromatic nitrogens is 3. The first-order chi connectivity index (χ1) is 12.8. The van der Waals surface area contributed by atoms with Gasteiger partial charge in [0.1, 0.15) is 5.82 Å². The lowest BCUT2D eigenvalue weighted by molar-refractivity contribution is 0.0437. The molecule has 0 aromatic carbocycles. The SMILES string of the molecule is Cc1noc(-c2cccnc2NCC2(N3CCCCC3)CCCCC2)n1. The number of hydrogen-bond donors (Lipinski definition) is 1. The van der Waals surface area contributed by atoms with Gasteiger partial charge in [0, 0.05) is 18.3 Å². The van der Waals surface area contributed by atoms with Crippen LogP contribution in [-0.2, 0) is 0 Å². The minimum atomic E-state index is 0.262. The summed E-state index contributed by atoms with van der Waals surface area (Å²) in [5.74, 6) is 2.03. The van der Waals surface area contributed by atoms with Crippen LogP contribution in [0.4, 0.5) is 5.82 Å². The number of hydrogen-bond acceptors (Lipinski definition) is 6. The van der Waals surface area contributed by atoms with E-state index in [9.17, 15) is 0 Å². The zero-order chi connectivity index (χ0) is 17.8. The standard InChI is InChI=1S/C20H29N5O/c1-16-23-19(26-24-16)17-9-8-12-21-18(17)22-15-20(10-4-2-5-11-20)25-13-6-3-7-14-25/h8-9,12H,2-7,10-11,13-15H2,1H3,(H,21,22). The fourth-order valence-electron chi connectivity index (χ4n) is 4.56. The van der Waals surface area contributed by atoms with E-state index in [-0.39, 0.29) is 5.54 Å². The molecule has 3 heterocycles. The molecule has 1 saturated carbocycles. The fraction of sp³-hybridized carbons (Fsp3) is 0.650. The van der Waals surface area contributed by atoms with E-state index < -0.39 is 0 Å². The zero-order valence-corrected chi connectivity index (χ0v) is 15.7. The maximum Gasteiger partial charge on any atom is 0.261 e. The van der Waals surface area contributed by atoms with Crippen molar-refractivity contribution in [3.05, 3.63) is 24.2 Å². The summed E-state index contributed by atoms with van der Waals surface area (Å²) >= 11 is 0. The van der Waals surface area contributed by atoms with Gasteiger partial charge in [0.05, 0.1) is 5.56 Å². The molecule has 1 saturated heterocycles. The van der Waals surface area contributed by atoms with Crippen molar-refractivity contribution < 1.29 is 4.52 Å². The largest absolute Gasteiger partial charge is 0.368 e. The summed E-state index contributed by atoms with van der Waals surface area (Å²) in [6.45, 7) is 5.24. The first kappa shape index (κ1) is 17.5. The number of pyridine rings is 1. The highest BCUT2D eigenvalue weighted by Crippen LogP contribution is 2.36. The van der Waals surface area contributed by atoms with E-state index in [0.717, 1.165) is 17.9 Å². The summed E-state index contributed by atoms with van der Waals surface area (Å²) in [5, 5.41) is 7.57. The molecule has 2 aromatic rings. The van der Waals surface area contributed by atoms with Crippen LogP contribution in [0.25, 0.3) is 11.5 Å². The molecule has 0 unspecified atom stereocenters. The molecule has 0 bridgehead atoms. The molecular weight excluding hydrogens is 326 g/mol. The summed E-state index contributed by atoms with van der Waals surface area (Å²) in [7, 11) is 0. The minimum Gasteiger partial charge on any atom is -0.368 e. The summed E-state index contributed by atoms with van der Waals surface area (Å²) in [6, 6.07) is 3.91. The van der Waals surface area contributed by atoms with Gasteiger partial charge in [0.25, 0.3) is 5.89 Å². The van der Waals surface area contributed by atoms with Crippen molar-refractivity contribution >= 4 is 5.82 Å². The van der Waals surface area contributed by atoms with Gasteiger partial charge in [-0.3, -0.25) is 4.90 Å². The van der Waals surface area contributed by atoms with Crippen LogP contribution in [0.3, 0.4) is 0 Å². The number of piperidine rings is 1. The van der Waals surface area contributed by atoms with Crippen LogP contribution < -0.4 is 5.32 Å². The third-order valence-electron chi connectivity index (χ3n) is 5.96. The molecule has 0 radical (unpaired) electrons. The van der Waals surface area contributed by atoms with Crippen molar-refractivity contribution in [1.82, 2.24) is 20.0 Å². The Morgan fingerprint density at radius 2 is 1.88 bits per heavy atom. The fourth-order valence-corrected chi connectivity index (χ4v) is 4.56. The molecule has 140 valence electrons. The molecule has 1 aliphatic carbocycles. The zero-order valence-electron chi connectivity index (χ0n) is 15.7. The number of anilines is 1. The van der Waals surface area contributed by atoms with E-state index in [1.165, 1.54) is 64.5 Å². The van der Waals surface area contributed by atoms with E-state index >= 15 is 0 Å². The van der Waals surface area contributed by atoms with E-state index in [1.54, 1.807) is 0 Å². The molecule has 2 fully saturated rings. The Kier molecular flexibility index (Phi) is 5.20. The summed E-state index contributed by atoms with van der Waals surface area (Å²) in [4.78, 5) is 11.7. The molecule has 1 aliphatic heterocycles. The molecule has 2 aromatic heterocycles. The molecule has 6 nitrogen and oxygen atoms in total. The van der Waals surface area contributed by atoms with Crippen LogP contribution in [0.1, 0.15) is 57.2 Å². The molecule has 1 N–H and O–H groups in total. The smallest absolute Gasteiger partial charge is 0.261 e. The van der Waals surface area contributed by atoms with Crippen molar-refractivity contribution in [3.63, 3.8) is 0 Å². The van der Waals surface area contributed by atoms with Crippen molar-refractivity contribution in [2.45, 2.75) is 63.8 Å². The van der Waals surface area contributed by atoms with Gasteiger partial charge in [-0.2, -0.15) is 4.98 Å². The Bertz CT molecular complexity index is 716. The minimum absolute atomic E-state index is 0.262. The Morgan fingerprint density at radius 3 is 2.62 bits per heavy atom. The molecule has 0 amide bonds. The maximum absolute atomic E-state index is 5.37. The van der Waals surface area contributed by atoms with Gasteiger partial charge >= 0.3 is 0 Å². The topological polar surface area (TPSA) is 67.1 Å². The first-order valence-corrected chi connectivity index (χ1v) is 10.0. The number of aryl methyl sites for hydroxylation is 1. The Balaban J connectivity index is 1.54. The first-order valence-electron chi connectivity index (χ1n) is 10.0. The maximum atomic E-state index is 5.37. The number of rotatable bonds is 5. The average molecular weight is 355 g/mol. The Hall–Kier alpha value is -1.95. The van der Waals surface area contributed by atoms with Gasteiger partial charge < -0.3 is 9.84 Å².